The first-order valence-electron chi connectivity index (χ1n) is 13.4. The van der Waals surface area contributed by atoms with Crippen LogP contribution < -0.4 is 0 Å². The molecule has 2 aliphatic rings. The van der Waals surface area contributed by atoms with Crippen LogP contribution in [0.15, 0.2) is 60.7 Å². The number of carboxylic acid groups (broad SMARTS) is 1. The van der Waals surface area contributed by atoms with Gasteiger partial charge in [0.25, 0.3) is 0 Å². The molecule has 190 valence electrons. The Labute approximate surface area is 211 Å². The van der Waals surface area contributed by atoms with Gasteiger partial charge in [-0.25, -0.2) is 4.79 Å². The Morgan fingerprint density at radius 1 is 0.886 bits per heavy atom. The number of ether oxygens (including phenoxy) is 1. The molecule has 0 radical (unpaired) electrons. The highest BCUT2D eigenvalue weighted by atomic mass is 16.5. The Balaban J connectivity index is 1.24. The van der Waals surface area contributed by atoms with E-state index in [1.165, 1.54) is 24.0 Å². The molecule has 1 heterocycles. The molecule has 0 spiro atoms. The number of rotatable bonds is 9. The van der Waals surface area contributed by atoms with Gasteiger partial charge in [0.05, 0.1) is 6.10 Å². The van der Waals surface area contributed by atoms with E-state index in [9.17, 15) is 9.90 Å². The van der Waals surface area contributed by atoms with Gasteiger partial charge in [-0.3, -0.25) is 4.90 Å². The molecule has 3 atom stereocenters. The number of benzene rings is 2. The smallest absolute Gasteiger partial charge is 0.407 e. The van der Waals surface area contributed by atoms with Crippen molar-refractivity contribution in [2.75, 3.05) is 6.61 Å². The Morgan fingerprint density at radius 2 is 1.40 bits per heavy atom. The van der Waals surface area contributed by atoms with Crippen LogP contribution in [0.2, 0.25) is 0 Å². The lowest BCUT2D eigenvalue weighted by Gasteiger charge is -2.41. The van der Waals surface area contributed by atoms with Gasteiger partial charge in [-0.05, 0) is 75.8 Å². The van der Waals surface area contributed by atoms with E-state index in [1.54, 1.807) is 4.90 Å². The average Bonchev–Trinajstić information content (AvgIpc) is 2.85. The van der Waals surface area contributed by atoms with Crippen molar-refractivity contribution >= 4 is 6.09 Å². The van der Waals surface area contributed by atoms with E-state index in [0.717, 1.165) is 51.8 Å². The monoisotopic (exact) mass is 478 g/mol. The number of likely N-dealkylation sites (tertiary alicyclic amines) is 1. The van der Waals surface area contributed by atoms with Gasteiger partial charge in [0.15, 0.2) is 0 Å². The largest absolute Gasteiger partial charge is 0.465 e. The minimum Gasteiger partial charge on any atom is -0.465 e. The Morgan fingerprint density at radius 3 is 1.89 bits per heavy atom. The van der Waals surface area contributed by atoms with Gasteiger partial charge in [0, 0.05) is 37.8 Å². The molecule has 2 fully saturated rings. The molecule has 2 aromatic rings. The highest BCUT2D eigenvalue weighted by molar-refractivity contribution is 5.66. The van der Waals surface area contributed by atoms with E-state index < -0.39 is 6.09 Å². The molecule has 4 rings (SSSR count). The van der Waals surface area contributed by atoms with E-state index in [4.69, 9.17) is 4.74 Å². The van der Waals surface area contributed by atoms with E-state index >= 15 is 0 Å². The zero-order valence-electron chi connectivity index (χ0n) is 21.4. The number of nitrogens with zero attached hydrogens (tertiary/aromatic N) is 2. The van der Waals surface area contributed by atoms with E-state index in [-0.39, 0.29) is 12.1 Å². The topological polar surface area (TPSA) is 53.0 Å². The lowest BCUT2D eigenvalue weighted by molar-refractivity contribution is -0.00805. The fourth-order valence-corrected chi connectivity index (χ4v) is 6.26. The summed E-state index contributed by atoms with van der Waals surface area (Å²) in [6.07, 6.45) is 7.09. The van der Waals surface area contributed by atoms with Crippen LogP contribution in [0.4, 0.5) is 4.79 Å². The molecular weight excluding hydrogens is 436 g/mol. The minimum absolute atomic E-state index is 0.0944. The predicted octanol–water partition coefficient (Wildman–Crippen LogP) is 6.57. The van der Waals surface area contributed by atoms with Crippen molar-refractivity contribution < 1.29 is 14.6 Å². The van der Waals surface area contributed by atoms with Crippen molar-refractivity contribution in [1.29, 1.82) is 0 Å². The summed E-state index contributed by atoms with van der Waals surface area (Å²) < 4.78 is 6.35. The fraction of sp³-hybridized carbons (Fsp3) is 0.567. The van der Waals surface area contributed by atoms with Gasteiger partial charge in [-0.15, -0.1) is 0 Å². The molecule has 2 unspecified atom stereocenters. The quantitative estimate of drug-likeness (QED) is 0.443. The zero-order chi connectivity index (χ0) is 24.6. The van der Waals surface area contributed by atoms with Crippen molar-refractivity contribution in [2.45, 2.75) is 96.1 Å². The first kappa shape index (κ1) is 25.7. The van der Waals surface area contributed by atoms with Crippen molar-refractivity contribution in [2.24, 2.45) is 5.92 Å². The molecule has 1 amide bonds. The SMILES string of the molecule is CC1CC(CCOC2CCC(N(Cc3ccccc3)Cc3ccccc3)CC2)C[C@H](C)N1C(=O)O. The molecule has 5 nitrogen and oxygen atoms in total. The molecule has 5 heteroatoms. The average molecular weight is 479 g/mol. The maximum absolute atomic E-state index is 11.5. The van der Waals surface area contributed by atoms with Gasteiger partial charge in [-0.2, -0.15) is 0 Å². The summed E-state index contributed by atoms with van der Waals surface area (Å²) in [7, 11) is 0. The molecule has 2 aromatic carbocycles. The third kappa shape index (κ3) is 7.31. The summed E-state index contributed by atoms with van der Waals surface area (Å²) in [5, 5.41) is 9.43. The van der Waals surface area contributed by atoms with E-state index in [2.05, 4.69) is 65.6 Å². The summed E-state index contributed by atoms with van der Waals surface area (Å²) in [6.45, 7) is 6.84. The van der Waals surface area contributed by atoms with Gasteiger partial charge in [0.2, 0.25) is 0 Å². The second-order valence-corrected chi connectivity index (χ2v) is 10.7. The minimum atomic E-state index is -0.787. The fourth-order valence-electron chi connectivity index (χ4n) is 6.26. The second-order valence-electron chi connectivity index (χ2n) is 10.7. The van der Waals surface area contributed by atoms with Crippen LogP contribution in [-0.4, -0.2) is 51.8 Å². The first-order chi connectivity index (χ1) is 17.0. The number of piperidine rings is 1. The second kappa shape index (κ2) is 12.5. The molecule has 1 aliphatic carbocycles. The van der Waals surface area contributed by atoms with Crippen LogP contribution in [0.5, 0.6) is 0 Å². The van der Waals surface area contributed by atoms with E-state index in [0.29, 0.717) is 18.1 Å². The Kier molecular flexibility index (Phi) is 9.22. The number of hydrogen-bond donors (Lipinski definition) is 1. The summed E-state index contributed by atoms with van der Waals surface area (Å²) >= 11 is 0. The van der Waals surface area contributed by atoms with Crippen LogP contribution >= 0.6 is 0 Å². The normalized spacial score (nSPS) is 27.2. The lowest BCUT2D eigenvalue weighted by atomic mass is 9.85. The molecular formula is C30H42N2O3. The maximum atomic E-state index is 11.5. The highest BCUT2D eigenvalue weighted by Crippen LogP contribution is 2.31. The molecule has 0 aromatic heterocycles. The van der Waals surface area contributed by atoms with Crippen LogP contribution in [0.25, 0.3) is 0 Å². The lowest BCUT2D eigenvalue weighted by Crippen LogP contribution is -2.49. The first-order valence-corrected chi connectivity index (χ1v) is 13.4. The van der Waals surface area contributed by atoms with Crippen LogP contribution in [0.3, 0.4) is 0 Å². The van der Waals surface area contributed by atoms with Gasteiger partial charge >= 0.3 is 6.09 Å². The molecule has 1 saturated heterocycles. The van der Waals surface area contributed by atoms with Crippen molar-refractivity contribution in [3.63, 3.8) is 0 Å². The molecule has 1 aliphatic heterocycles. The third-order valence-corrected chi connectivity index (χ3v) is 8.02. The molecule has 1 saturated carbocycles. The van der Waals surface area contributed by atoms with Crippen molar-refractivity contribution in [3.8, 4) is 0 Å². The molecule has 0 bridgehead atoms. The summed E-state index contributed by atoms with van der Waals surface area (Å²) in [5.41, 5.74) is 2.75. The van der Waals surface area contributed by atoms with E-state index in [1.807, 2.05) is 13.8 Å². The maximum Gasteiger partial charge on any atom is 0.407 e. The van der Waals surface area contributed by atoms with Crippen molar-refractivity contribution in [1.82, 2.24) is 9.80 Å². The number of carbonyl (C=O) groups is 1. The van der Waals surface area contributed by atoms with Crippen LogP contribution in [-0.2, 0) is 17.8 Å². The van der Waals surface area contributed by atoms with Gasteiger partial charge < -0.3 is 14.7 Å². The van der Waals surface area contributed by atoms with Gasteiger partial charge in [-0.1, -0.05) is 60.7 Å². The zero-order valence-corrected chi connectivity index (χ0v) is 21.4. The Bertz CT molecular complexity index is 845. The standard InChI is InChI=1S/C30H42N2O3/c1-23-19-27(20-24(2)32(23)30(33)34)17-18-35-29-15-13-28(14-16-29)31(21-25-9-5-3-6-10-25)22-26-11-7-4-8-12-26/h3-12,23-24,27-29H,13-22H2,1-2H3,(H,33,34)/t23-,24?,27?,28?,29?/m0/s1. The molecule has 1 N–H and O–H groups in total. The highest BCUT2D eigenvalue weighted by Gasteiger charge is 2.34. The summed E-state index contributed by atoms with van der Waals surface area (Å²) in [4.78, 5) is 15.8. The molecule has 35 heavy (non-hydrogen) atoms. The summed E-state index contributed by atoms with van der Waals surface area (Å²) in [6, 6.07) is 22.4. The number of hydrogen-bond acceptors (Lipinski definition) is 3. The summed E-state index contributed by atoms with van der Waals surface area (Å²) in [5.74, 6) is 0.555. The van der Waals surface area contributed by atoms with Crippen molar-refractivity contribution in [3.05, 3.63) is 71.8 Å². The van der Waals surface area contributed by atoms with Crippen LogP contribution in [0, 0.1) is 5.92 Å². The third-order valence-electron chi connectivity index (χ3n) is 8.02. The van der Waals surface area contributed by atoms with Gasteiger partial charge in [0.1, 0.15) is 0 Å². The Hall–Kier alpha value is -2.37. The number of amides is 1. The predicted molar refractivity (Wildman–Crippen MR) is 140 cm³/mol. The van der Waals surface area contributed by atoms with Crippen LogP contribution in [0.1, 0.15) is 69.9 Å².